The van der Waals surface area contributed by atoms with Crippen LogP contribution in [0.3, 0.4) is 0 Å². The molecule has 0 unspecified atom stereocenters. The third-order valence-corrected chi connectivity index (χ3v) is 2.39. The van der Waals surface area contributed by atoms with E-state index in [9.17, 15) is 9.59 Å². The van der Waals surface area contributed by atoms with E-state index in [1.165, 1.54) is 0 Å². The predicted molar refractivity (Wildman–Crippen MR) is 53.6 cm³/mol. The summed E-state index contributed by atoms with van der Waals surface area (Å²) in [5, 5.41) is 2.41. The van der Waals surface area contributed by atoms with Crippen molar-refractivity contribution in [2.45, 2.75) is 0 Å². The Morgan fingerprint density at radius 1 is 1.50 bits per heavy atom. The van der Waals surface area contributed by atoms with Crippen LogP contribution in [-0.4, -0.2) is 6.03 Å². The number of benzene rings is 1. The number of carbonyl (C=O) groups excluding carboxylic acids is 1. The second-order valence-corrected chi connectivity index (χ2v) is 3.58. The molecule has 0 fully saturated rings. The SMILES string of the molecule is NC(=O)Nc1ccc2oc(=O)sc2c1. The maximum atomic E-state index is 10.9. The molecule has 1 heterocycles. The van der Waals surface area contributed by atoms with Gasteiger partial charge in [0, 0.05) is 5.69 Å². The average Bonchev–Trinajstić information content (AvgIpc) is 2.42. The summed E-state index contributed by atoms with van der Waals surface area (Å²) in [6.07, 6.45) is 0. The number of amides is 2. The first-order chi connectivity index (χ1) is 6.65. The molecule has 0 aliphatic rings. The molecule has 0 bridgehead atoms. The first kappa shape index (κ1) is 8.76. The molecule has 2 aromatic rings. The van der Waals surface area contributed by atoms with Crippen LogP contribution >= 0.6 is 11.3 Å². The topological polar surface area (TPSA) is 85.3 Å². The van der Waals surface area contributed by atoms with Crippen molar-refractivity contribution in [1.82, 2.24) is 0 Å². The highest BCUT2D eigenvalue weighted by Gasteiger charge is 2.03. The Labute approximate surface area is 82.1 Å². The quantitative estimate of drug-likeness (QED) is 0.744. The van der Waals surface area contributed by atoms with Gasteiger partial charge in [0.2, 0.25) is 0 Å². The number of nitrogens with two attached hydrogens (primary N) is 1. The van der Waals surface area contributed by atoms with Gasteiger partial charge in [0.05, 0.1) is 4.70 Å². The minimum absolute atomic E-state index is 0.365. The minimum atomic E-state index is -0.639. The summed E-state index contributed by atoms with van der Waals surface area (Å²) in [4.78, 5) is 21.0. The Balaban J connectivity index is 2.50. The lowest BCUT2D eigenvalue weighted by Crippen LogP contribution is -2.18. The number of hydrogen-bond acceptors (Lipinski definition) is 4. The van der Waals surface area contributed by atoms with Crippen LogP contribution in [0.25, 0.3) is 10.3 Å². The lowest BCUT2D eigenvalue weighted by Gasteiger charge is -1.99. The van der Waals surface area contributed by atoms with E-state index in [0.29, 0.717) is 16.0 Å². The van der Waals surface area contributed by atoms with Crippen LogP contribution in [0.15, 0.2) is 27.4 Å². The molecule has 5 nitrogen and oxygen atoms in total. The molecule has 0 aliphatic heterocycles. The summed E-state index contributed by atoms with van der Waals surface area (Å²) < 4.78 is 5.53. The van der Waals surface area contributed by atoms with E-state index < -0.39 is 6.03 Å². The fraction of sp³-hybridized carbons (Fsp3) is 0. The average molecular weight is 210 g/mol. The van der Waals surface area contributed by atoms with Crippen LogP contribution in [0.2, 0.25) is 0 Å². The molecule has 3 N–H and O–H groups in total. The number of anilines is 1. The fourth-order valence-corrected chi connectivity index (χ4v) is 1.80. The molecule has 0 saturated carbocycles. The number of fused-ring (bicyclic) bond motifs is 1. The third-order valence-electron chi connectivity index (χ3n) is 1.60. The predicted octanol–water partition coefficient (Wildman–Crippen LogP) is 1.35. The first-order valence-electron chi connectivity index (χ1n) is 3.75. The van der Waals surface area contributed by atoms with Crippen molar-refractivity contribution in [3.05, 3.63) is 27.9 Å². The van der Waals surface area contributed by atoms with Gasteiger partial charge in [-0.25, -0.2) is 9.59 Å². The first-order valence-corrected chi connectivity index (χ1v) is 4.57. The van der Waals surface area contributed by atoms with Gasteiger partial charge in [-0.05, 0) is 18.2 Å². The second kappa shape index (κ2) is 3.15. The van der Waals surface area contributed by atoms with Gasteiger partial charge in [0.15, 0.2) is 0 Å². The molecular formula is C8H6N2O3S. The molecule has 2 amide bonds. The zero-order valence-electron chi connectivity index (χ0n) is 6.94. The van der Waals surface area contributed by atoms with Crippen LogP contribution in [0.5, 0.6) is 0 Å². The van der Waals surface area contributed by atoms with Gasteiger partial charge in [0.1, 0.15) is 5.58 Å². The Hall–Kier alpha value is -1.82. The minimum Gasteiger partial charge on any atom is -0.414 e. The van der Waals surface area contributed by atoms with Gasteiger partial charge in [0.25, 0.3) is 0 Å². The van der Waals surface area contributed by atoms with Crippen molar-refractivity contribution >= 4 is 33.3 Å². The van der Waals surface area contributed by atoms with E-state index >= 15 is 0 Å². The summed E-state index contributed by atoms with van der Waals surface area (Å²) >= 11 is 0.979. The Morgan fingerprint density at radius 3 is 3.00 bits per heavy atom. The Bertz CT molecular complexity index is 543. The zero-order chi connectivity index (χ0) is 10.1. The lowest BCUT2D eigenvalue weighted by molar-refractivity contribution is 0.259. The van der Waals surface area contributed by atoms with Gasteiger partial charge >= 0.3 is 11.0 Å². The molecule has 14 heavy (non-hydrogen) atoms. The fourth-order valence-electron chi connectivity index (χ4n) is 1.09. The van der Waals surface area contributed by atoms with Crippen LogP contribution < -0.4 is 16.0 Å². The standard InChI is InChI=1S/C8H6N2O3S/c9-7(11)10-4-1-2-5-6(3-4)14-8(12)13-5/h1-3H,(H3,9,10,11). The number of rotatable bonds is 1. The number of urea groups is 1. The second-order valence-electron chi connectivity index (χ2n) is 2.60. The monoisotopic (exact) mass is 210 g/mol. The molecular weight excluding hydrogens is 204 g/mol. The highest BCUT2D eigenvalue weighted by atomic mass is 32.1. The summed E-state index contributed by atoms with van der Waals surface area (Å²) in [7, 11) is 0. The highest BCUT2D eigenvalue weighted by molar-refractivity contribution is 7.16. The van der Waals surface area contributed by atoms with E-state index in [4.69, 9.17) is 10.2 Å². The van der Waals surface area contributed by atoms with Crippen molar-refractivity contribution < 1.29 is 9.21 Å². The molecule has 1 aromatic carbocycles. The maximum absolute atomic E-state index is 10.9. The van der Waals surface area contributed by atoms with Crippen molar-refractivity contribution in [3.63, 3.8) is 0 Å². The molecule has 6 heteroatoms. The van der Waals surface area contributed by atoms with Gasteiger partial charge in [-0.3, -0.25) is 0 Å². The molecule has 0 saturated heterocycles. The summed E-state index contributed by atoms with van der Waals surface area (Å²) in [6.45, 7) is 0. The van der Waals surface area contributed by atoms with Crippen molar-refractivity contribution in [3.8, 4) is 0 Å². The molecule has 1 aromatic heterocycles. The number of nitrogens with one attached hydrogen (secondary N) is 1. The van der Waals surface area contributed by atoms with Gasteiger partial charge in [-0.2, -0.15) is 0 Å². The van der Waals surface area contributed by atoms with Gasteiger partial charge in [-0.1, -0.05) is 11.3 Å². The van der Waals surface area contributed by atoms with Crippen LogP contribution in [0.4, 0.5) is 10.5 Å². The third kappa shape index (κ3) is 1.60. The van der Waals surface area contributed by atoms with Crippen molar-refractivity contribution in [2.75, 3.05) is 5.32 Å². The Kier molecular flexibility index (Phi) is 1.97. The van der Waals surface area contributed by atoms with Gasteiger partial charge < -0.3 is 15.5 Å². The summed E-state index contributed by atoms with van der Waals surface area (Å²) in [6, 6.07) is 4.22. The van der Waals surface area contributed by atoms with E-state index in [-0.39, 0.29) is 4.94 Å². The largest absolute Gasteiger partial charge is 0.414 e. The molecule has 0 atom stereocenters. The van der Waals surface area contributed by atoms with E-state index in [1.54, 1.807) is 18.2 Å². The van der Waals surface area contributed by atoms with E-state index in [1.807, 2.05) is 0 Å². The number of primary amides is 1. The van der Waals surface area contributed by atoms with Crippen molar-refractivity contribution in [2.24, 2.45) is 5.73 Å². The van der Waals surface area contributed by atoms with Crippen LogP contribution in [0, 0.1) is 0 Å². The smallest absolute Gasteiger partial charge is 0.396 e. The molecule has 2 rings (SSSR count). The molecule has 0 spiro atoms. The summed E-state index contributed by atoms with van der Waals surface area (Å²) in [5.41, 5.74) is 5.99. The molecule has 0 radical (unpaired) electrons. The Morgan fingerprint density at radius 2 is 2.29 bits per heavy atom. The van der Waals surface area contributed by atoms with Crippen LogP contribution in [0.1, 0.15) is 0 Å². The van der Waals surface area contributed by atoms with E-state index in [2.05, 4.69) is 5.32 Å². The van der Waals surface area contributed by atoms with Crippen molar-refractivity contribution in [1.29, 1.82) is 0 Å². The maximum Gasteiger partial charge on any atom is 0.396 e. The highest BCUT2D eigenvalue weighted by Crippen LogP contribution is 2.20. The normalized spacial score (nSPS) is 10.3. The molecule has 72 valence electrons. The number of hydrogen-bond donors (Lipinski definition) is 2. The molecule has 0 aliphatic carbocycles. The summed E-state index contributed by atoms with van der Waals surface area (Å²) in [5.74, 6) is 0. The van der Waals surface area contributed by atoms with Crippen LogP contribution in [-0.2, 0) is 0 Å². The van der Waals surface area contributed by atoms with E-state index in [0.717, 1.165) is 11.3 Å². The number of carbonyl (C=O) groups is 1. The zero-order valence-corrected chi connectivity index (χ0v) is 7.76. The van der Waals surface area contributed by atoms with Gasteiger partial charge in [-0.15, -0.1) is 0 Å². The lowest BCUT2D eigenvalue weighted by atomic mass is 10.3.